The Bertz CT molecular complexity index is 1800. The molecule has 1 aromatic heterocycles. The van der Waals surface area contributed by atoms with E-state index < -0.39 is 0 Å². The summed E-state index contributed by atoms with van der Waals surface area (Å²) in [5, 5.41) is 4.72. The maximum Gasteiger partial charge on any atom is 0.142 e. The summed E-state index contributed by atoms with van der Waals surface area (Å²) in [6.45, 7) is 0. The van der Waals surface area contributed by atoms with Gasteiger partial charge in [0.05, 0.1) is 23.7 Å². The topological polar surface area (TPSA) is 41.1 Å². The first kappa shape index (κ1) is 22.1. The van der Waals surface area contributed by atoms with Crippen molar-refractivity contribution in [2.45, 2.75) is 0 Å². The lowest BCUT2D eigenvalue weighted by Gasteiger charge is -2.26. The van der Waals surface area contributed by atoms with Gasteiger partial charge in [-0.1, -0.05) is 84.9 Å². The second-order valence-electron chi connectivity index (χ2n) is 9.29. The summed E-state index contributed by atoms with van der Waals surface area (Å²) in [4.78, 5) is 11.0. The predicted molar refractivity (Wildman–Crippen MR) is 158 cm³/mol. The van der Waals surface area contributed by atoms with Gasteiger partial charge in [-0.3, -0.25) is 0 Å². The van der Waals surface area contributed by atoms with Crippen molar-refractivity contribution in [3.8, 4) is 17.1 Å². The first-order valence-corrected chi connectivity index (χ1v) is 12.7. The number of aromatic amines is 1. The number of anilines is 3. The predicted octanol–water partition coefficient (Wildman–Crippen LogP) is 9.01. The third-order valence-electron chi connectivity index (χ3n) is 7.10. The van der Waals surface area contributed by atoms with Crippen LogP contribution in [0.25, 0.3) is 44.0 Å². The number of methoxy groups -OCH3 is 1. The molecule has 0 saturated heterocycles. The molecule has 0 amide bonds. The molecule has 0 aliphatic carbocycles. The molecule has 0 unspecified atom stereocenters. The van der Waals surface area contributed by atoms with Crippen LogP contribution in [0.3, 0.4) is 0 Å². The minimum Gasteiger partial charge on any atom is -0.496 e. The summed E-state index contributed by atoms with van der Waals surface area (Å²) in [6.07, 6.45) is 0. The van der Waals surface area contributed by atoms with E-state index in [1.165, 1.54) is 10.8 Å². The average molecular weight is 492 g/mol. The van der Waals surface area contributed by atoms with Crippen LogP contribution in [-0.2, 0) is 0 Å². The normalized spacial score (nSPS) is 11.3. The molecular weight excluding hydrogens is 466 g/mol. The van der Waals surface area contributed by atoms with Crippen LogP contribution in [0.2, 0.25) is 0 Å². The fraction of sp³-hybridized carbons (Fsp3) is 0.0294. The number of para-hydroxylation sites is 2. The Morgan fingerprint density at radius 3 is 1.76 bits per heavy atom. The van der Waals surface area contributed by atoms with Crippen LogP contribution < -0.4 is 9.64 Å². The van der Waals surface area contributed by atoms with Gasteiger partial charge in [0, 0.05) is 33.9 Å². The zero-order valence-corrected chi connectivity index (χ0v) is 20.9. The van der Waals surface area contributed by atoms with Crippen molar-refractivity contribution >= 4 is 49.6 Å². The van der Waals surface area contributed by atoms with Gasteiger partial charge < -0.3 is 14.6 Å². The van der Waals surface area contributed by atoms with Crippen molar-refractivity contribution in [1.29, 1.82) is 0 Å². The van der Waals surface area contributed by atoms with Crippen molar-refractivity contribution in [2.75, 3.05) is 12.0 Å². The number of fused-ring (bicyclic) bond motifs is 6. The zero-order valence-electron chi connectivity index (χ0n) is 20.9. The number of nitrogens with zero attached hydrogens (tertiary/aromatic N) is 2. The molecule has 7 rings (SSSR count). The maximum absolute atomic E-state index is 5.95. The van der Waals surface area contributed by atoms with Crippen LogP contribution in [0, 0.1) is 0 Å². The molecule has 4 nitrogen and oxygen atoms in total. The highest BCUT2D eigenvalue weighted by atomic mass is 16.5. The quantitative estimate of drug-likeness (QED) is 0.244. The first-order valence-electron chi connectivity index (χ1n) is 12.7. The van der Waals surface area contributed by atoms with Gasteiger partial charge in [-0.2, -0.15) is 0 Å². The third-order valence-corrected chi connectivity index (χ3v) is 7.10. The molecule has 4 heteroatoms. The van der Waals surface area contributed by atoms with Crippen molar-refractivity contribution < 1.29 is 4.74 Å². The van der Waals surface area contributed by atoms with E-state index in [4.69, 9.17) is 9.72 Å². The molecule has 0 radical (unpaired) electrons. The van der Waals surface area contributed by atoms with Crippen molar-refractivity contribution in [1.82, 2.24) is 9.97 Å². The minimum atomic E-state index is 0.757. The van der Waals surface area contributed by atoms with Gasteiger partial charge in [0.15, 0.2) is 0 Å². The Morgan fingerprint density at radius 1 is 0.579 bits per heavy atom. The highest BCUT2D eigenvalue weighted by Crippen LogP contribution is 2.41. The summed E-state index contributed by atoms with van der Waals surface area (Å²) in [5.41, 5.74) is 6.09. The number of imidazole rings is 1. The lowest BCUT2D eigenvalue weighted by atomic mass is 10.0. The van der Waals surface area contributed by atoms with E-state index >= 15 is 0 Å². The molecule has 7 aromatic rings. The van der Waals surface area contributed by atoms with Crippen molar-refractivity contribution in [3.63, 3.8) is 0 Å². The molecule has 0 atom stereocenters. The highest BCUT2D eigenvalue weighted by molar-refractivity contribution is 6.23. The van der Waals surface area contributed by atoms with Gasteiger partial charge >= 0.3 is 0 Å². The molecule has 0 spiro atoms. The van der Waals surface area contributed by atoms with E-state index in [2.05, 4.69) is 125 Å². The first-order chi connectivity index (χ1) is 18.8. The average Bonchev–Trinajstić information content (AvgIpc) is 3.44. The molecule has 0 fully saturated rings. The summed E-state index contributed by atoms with van der Waals surface area (Å²) >= 11 is 0. The number of H-pyrrole nitrogens is 1. The van der Waals surface area contributed by atoms with E-state index in [0.717, 1.165) is 56.0 Å². The lowest BCUT2D eigenvalue weighted by Crippen LogP contribution is -2.10. The minimum absolute atomic E-state index is 0.757. The molecule has 0 aliphatic heterocycles. The number of benzene rings is 6. The molecule has 1 heterocycles. The molecular formula is C34H25N3O. The summed E-state index contributed by atoms with van der Waals surface area (Å²) in [6, 6.07) is 44.0. The van der Waals surface area contributed by atoms with E-state index in [1.807, 2.05) is 12.1 Å². The number of rotatable bonds is 5. The second-order valence-corrected chi connectivity index (χ2v) is 9.29. The van der Waals surface area contributed by atoms with Crippen molar-refractivity contribution in [3.05, 3.63) is 127 Å². The van der Waals surface area contributed by atoms with Gasteiger partial charge in [-0.15, -0.1) is 0 Å². The summed E-state index contributed by atoms with van der Waals surface area (Å²) in [7, 11) is 1.71. The third kappa shape index (κ3) is 3.58. The molecule has 0 saturated carbocycles. The molecule has 0 bridgehead atoms. The van der Waals surface area contributed by atoms with Gasteiger partial charge in [0.1, 0.15) is 11.6 Å². The Kier molecular flexibility index (Phi) is 5.30. The van der Waals surface area contributed by atoms with E-state index in [1.54, 1.807) is 7.11 Å². The number of aromatic nitrogens is 2. The summed E-state index contributed by atoms with van der Waals surface area (Å²) in [5.74, 6) is 1.54. The van der Waals surface area contributed by atoms with Crippen molar-refractivity contribution in [2.24, 2.45) is 0 Å². The van der Waals surface area contributed by atoms with Crippen LogP contribution in [0.1, 0.15) is 0 Å². The number of hydrogen-bond donors (Lipinski definition) is 1. The Balaban J connectivity index is 1.41. The van der Waals surface area contributed by atoms with E-state index in [0.29, 0.717) is 0 Å². The maximum atomic E-state index is 5.95. The lowest BCUT2D eigenvalue weighted by molar-refractivity contribution is 0.416. The second kappa shape index (κ2) is 9.09. The molecule has 1 N–H and O–H groups in total. The van der Waals surface area contributed by atoms with Crippen LogP contribution in [0.4, 0.5) is 17.1 Å². The molecule has 182 valence electrons. The largest absolute Gasteiger partial charge is 0.496 e. The number of nitrogens with one attached hydrogen (secondary N) is 1. The number of ether oxygens (including phenoxy) is 1. The number of hydrogen-bond acceptors (Lipinski definition) is 3. The Hall–Kier alpha value is -5.09. The van der Waals surface area contributed by atoms with Crippen LogP contribution in [0.5, 0.6) is 5.75 Å². The Labute approximate surface area is 220 Å². The van der Waals surface area contributed by atoms with E-state index in [-0.39, 0.29) is 0 Å². The fourth-order valence-corrected chi connectivity index (χ4v) is 5.37. The standard InChI is InChI=1S/C34H25N3O/c1-38-31-22-25(37(23-12-4-2-5-13-23)24-14-6-3-7-15-24)20-21-30(31)34-35-32-28-18-10-8-16-26(28)27-17-9-11-19-29(27)33(32)36-34/h2-22H,1H3,(H,35,36). The van der Waals surface area contributed by atoms with Gasteiger partial charge in [0.2, 0.25) is 0 Å². The van der Waals surface area contributed by atoms with Gasteiger partial charge in [-0.25, -0.2) is 4.98 Å². The summed E-state index contributed by atoms with van der Waals surface area (Å²) < 4.78 is 5.95. The van der Waals surface area contributed by atoms with Crippen LogP contribution >= 0.6 is 0 Å². The van der Waals surface area contributed by atoms with Gasteiger partial charge in [-0.05, 0) is 47.2 Å². The fourth-order valence-electron chi connectivity index (χ4n) is 5.37. The highest BCUT2D eigenvalue weighted by Gasteiger charge is 2.18. The van der Waals surface area contributed by atoms with Crippen LogP contribution in [-0.4, -0.2) is 17.1 Å². The van der Waals surface area contributed by atoms with E-state index in [9.17, 15) is 0 Å². The zero-order chi connectivity index (χ0) is 25.5. The SMILES string of the molecule is COc1cc(N(c2ccccc2)c2ccccc2)ccc1-c1nc2c3ccccc3c3ccccc3c2[nH]1. The molecule has 0 aliphatic rings. The monoisotopic (exact) mass is 491 g/mol. The van der Waals surface area contributed by atoms with Crippen LogP contribution in [0.15, 0.2) is 127 Å². The van der Waals surface area contributed by atoms with Gasteiger partial charge in [0.25, 0.3) is 0 Å². The molecule has 38 heavy (non-hydrogen) atoms. The Morgan fingerprint density at radius 2 is 1.13 bits per heavy atom. The molecule has 6 aromatic carbocycles. The smallest absolute Gasteiger partial charge is 0.142 e.